The second kappa shape index (κ2) is 10.7. The zero-order chi connectivity index (χ0) is 4.99. The van der Waals surface area contributed by atoms with Crippen LogP contribution in [0.15, 0.2) is 0 Å². The van der Waals surface area contributed by atoms with Crippen molar-refractivity contribution >= 4 is 30.8 Å². The van der Waals surface area contributed by atoms with Gasteiger partial charge in [0.25, 0.3) is 0 Å². The minimum atomic E-state index is -0.387. The Morgan fingerprint density at radius 3 is 1.88 bits per heavy atom. The zero-order valence-electron chi connectivity index (χ0n) is 4.63. The molecule has 0 amide bonds. The number of halogens is 2. The second-order valence-electron chi connectivity index (χ2n) is 0.798. The van der Waals surface area contributed by atoms with Gasteiger partial charge in [-0.15, -0.1) is 24.8 Å². The van der Waals surface area contributed by atoms with Crippen LogP contribution in [0.1, 0.15) is 6.92 Å². The molecule has 0 fully saturated rings. The van der Waals surface area contributed by atoms with Gasteiger partial charge in [-0.25, -0.2) is 0 Å². The zero-order valence-corrected chi connectivity index (χ0v) is 7.83. The molecule has 0 atom stereocenters. The minimum absolute atomic E-state index is 0. The SMILES string of the molecule is Cl.Cl.[CH3][Ti][O]C(C)=O. The van der Waals surface area contributed by atoms with Crippen LogP contribution in [-0.2, 0) is 27.7 Å². The van der Waals surface area contributed by atoms with Gasteiger partial charge in [-0.05, 0) is 0 Å². The average molecular weight is 195 g/mol. The van der Waals surface area contributed by atoms with Crippen LogP contribution >= 0.6 is 24.8 Å². The molecule has 0 aliphatic carbocycles. The molecule has 0 saturated carbocycles. The van der Waals surface area contributed by atoms with E-state index in [4.69, 9.17) is 0 Å². The first kappa shape index (κ1) is 15.9. The van der Waals surface area contributed by atoms with Gasteiger partial charge in [0.15, 0.2) is 0 Å². The van der Waals surface area contributed by atoms with Gasteiger partial charge in [-0.1, -0.05) is 0 Å². The predicted octanol–water partition coefficient (Wildman–Crippen LogP) is 1.44. The van der Waals surface area contributed by atoms with Gasteiger partial charge in [0.05, 0.1) is 0 Å². The fourth-order valence-corrected chi connectivity index (χ4v) is 0.593. The number of carbonyl (C=O) groups excluding carboxylic acids is 1. The first-order valence-corrected chi connectivity index (χ1v) is 3.81. The molecule has 50 valence electrons. The Balaban J connectivity index is -0.000000125. The van der Waals surface area contributed by atoms with Crippen molar-refractivity contribution in [3.05, 3.63) is 0 Å². The summed E-state index contributed by atoms with van der Waals surface area (Å²) < 4.78 is 4.53. The van der Waals surface area contributed by atoms with Gasteiger partial charge in [0.2, 0.25) is 0 Å². The van der Waals surface area contributed by atoms with Crippen LogP contribution in [0.5, 0.6) is 0 Å². The maximum atomic E-state index is 9.85. The molecule has 0 radical (unpaired) electrons. The summed E-state index contributed by atoms with van der Waals surface area (Å²) in [5.41, 5.74) is 0. The van der Waals surface area contributed by atoms with Crippen LogP contribution in [0, 0.1) is 0 Å². The van der Waals surface area contributed by atoms with Gasteiger partial charge in [0, 0.05) is 0 Å². The molecule has 0 rings (SSSR count). The van der Waals surface area contributed by atoms with E-state index < -0.39 is 0 Å². The van der Waals surface area contributed by atoms with Crippen LogP contribution < -0.4 is 0 Å². The van der Waals surface area contributed by atoms with Crippen LogP contribution in [-0.4, -0.2) is 5.97 Å². The van der Waals surface area contributed by atoms with E-state index in [-0.39, 0.29) is 50.3 Å². The van der Waals surface area contributed by atoms with Crippen molar-refractivity contribution < 1.29 is 27.7 Å². The van der Waals surface area contributed by atoms with E-state index in [2.05, 4.69) is 3.32 Å². The first-order chi connectivity index (χ1) is 2.77. The first-order valence-electron chi connectivity index (χ1n) is 1.61. The molecule has 0 saturated heterocycles. The van der Waals surface area contributed by atoms with E-state index in [1.807, 2.05) is 5.23 Å². The van der Waals surface area contributed by atoms with Crippen molar-refractivity contribution in [1.82, 2.24) is 0 Å². The van der Waals surface area contributed by atoms with Gasteiger partial charge >= 0.3 is 45.8 Å². The molecule has 0 bridgehead atoms. The van der Waals surface area contributed by atoms with Crippen LogP contribution in [0.2, 0.25) is 5.23 Å². The Kier molecular flexibility index (Phi) is 21.3. The molecule has 0 aromatic carbocycles. The summed E-state index contributed by atoms with van der Waals surface area (Å²) in [4.78, 5) is 9.85. The summed E-state index contributed by atoms with van der Waals surface area (Å²) in [6.07, 6.45) is 0. The third kappa shape index (κ3) is 15.9. The van der Waals surface area contributed by atoms with E-state index in [9.17, 15) is 4.79 Å². The molecular weight excluding hydrogens is 187 g/mol. The molecule has 0 spiro atoms. The Morgan fingerprint density at radius 1 is 1.50 bits per heavy atom. The summed E-state index contributed by atoms with van der Waals surface area (Å²) in [6.45, 7) is 1.42. The predicted molar refractivity (Wildman–Crippen MR) is 32.1 cm³/mol. The number of hydrogen-bond acceptors (Lipinski definition) is 2. The van der Waals surface area contributed by atoms with Crippen LogP contribution in [0.4, 0.5) is 0 Å². The van der Waals surface area contributed by atoms with Crippen molar-refractivity contribution in [1.29, 1.82) is 0 Å². The van der Waals surface area contributed by atoms with Gasteiger partial charge in [-0.2, -0.15) is 0 Å². The molecule has 0 aliphatic rings. The third-order valence-corrected chi connectivity index (χ3v) is 1.01. The summed E-state index contributed by atoms with van der Waals surface area (Å²) in [6, 6.07) is 0. The van der Waals surface area contributed by atoms with Gasteiger partial charge in [0.1, 0.15) is 0 Å². The Morgan fingerprint density at radius 2 is 1.88 bits per heavy atom. The molecule has 0 aromatic rings. The van der Waals surface area contributed by atoms with E-state index in [0.717, 1.165) is 0 Å². The Bertz CT molecular complexity index is 59.2. The van der Waals surface area contributed by atoms with Gasteiger partial charge < -0.3 is 0 Å². The monoisotopic (exact) mass is 194 g/mol. The molecular formula is C3H8Cl2O2Ti. The van der Waals surface area contributed by atoms with Crippen molar-refractivity contribution in [3.8, 4) is 0 Å². The summed E-state index contributed by atoms with van der Waals surface area (Å²) >= 11 is -0.387. The number of carbonyl (C=O) groups is 1. The topological polar surface area (TPSA) is 26.3 Å². The van der Waals surface area contributed by atoms with Gasteiger partial charge in [-0.3, -0.25) is 0 Å². The molecule has 8 heavy (non-hydrogen) atoms. The normalized spacial score (nSPS) is 5.25. The average Bonchev–Trinajstić information content (AvgIpc) is 1.35. The summed E-state index contributed by atoms with van der Waals surface area (Å²) in [7, 11) is 0. The van der Waals surface area contributed by atoms with Crippen LogP contribution in [0.25, 0.3) is 0 Å². The Hall–Kier alpha value is 0.764. The maximum absolute atomic E-state index is 9.85. The second-order valence-corrected chi connectivity index (χ2v) is 1.75. The number of hydrogen-bond donors (Lipinski definition) is 0. The van der Waals surface area contributed by atoms with Crippen molar-refractivity contribution in [2.45, 2.75) is 12.2 Å². The molecule has 2 nitrogen and oxygen atoms in total. The molecule has 0 aromatic heterocycles. The van der Waals surface area contributed by atoms with E-state index >= 15 is 0 Å². The van der Waals surface area contributed by atoms with Crippen molar-refractivity contribution in [3.63, 3.8) is 0 Å². The van der Waals surface area contributed by atoms with E-state index in [0.29, 0.717) is 0 Å². The fraction of sp³-hybridized carbons (Fsp3) is 0.667. The molecule has 0 heterocycles. The quantitative estimate of drug-likeness (QED) is 0.591. The van der Waals surface area contributed by atoms with Crippen molar-refractivity contribution in [2.75, 3.05) is 0 Å². The van der Waals surface area contributed by atoms with E-state index in [1.54, 1.807) is 0 Å². The fourth-order valence-electron chi connectivity index (χ4n) is 0.144. The summed E-state index contributed by atoms with van der Waals surface area (Å²) in [5.74, 6) is -0.155. The number of rotatable bonds is 1. The molecule has 0 aliphatic heterocycles. The van der Waals surface area contributed by atoms with Crippen LogP contribution in [0.3, 0.4) is 0 Å². The molecule has 0 N–H and O–H groups in total. The third-order valence-electron chi connectivity index (χ3n) is 0.246. The standard InChI is InChI=1S/C2H4O2.CH3.2ClH.Ti/c1-2(3)4;;;;/h1H3,(H,3,4);1H3;2*1H;/q;;;;+1/p-1. The molecule has 5 heteroatoms. The van der Waals surface area contributed by atoms with E-state index in [1.165, 1.54) is 6.92 Å². The Labute approximate surface area is 70.6 Å². The summed E-state index contributed by atoms with van der Waals surface area (Å²) in [5, 5.41) is 1.90. The molecule has 0 unspecified atom stereocenters. The van der Waals surface area contributed by atoms with Crippen molar-refractivity contribution in [2.24, 2.45) is 0 Å².